The Morgan fingerprint density at radius 1 is 1.26 bits per heavy atom. The van der Waals surface area contributed by atoms with Crippen molar-refractivity contribution in [3.8, 4) is 0 Å². The second kappa shape index (κ2) is 7.84. The number of carbonyl (C=O) groups excluding carboxylic acids is 2. The topological polar surface area (TPSA) is 170 Å². The van der Waals surface area contributed by atoms with Gasteiger partial charge in [0.25, 0.3) is 5.69 Å². The molecule has 1 atom stereocenters. The maximum Gasteiger partial charge on any atom is 0.326 e. The van der Waals surface area contributed by atoms with E-state index in [-0.39, 0.29) is 24.2 Å². The van der Waals surface area contributed by atoms with E-state index in [1.807, 2.05) is 0 Å². The summed E-state index contributed by atoms with van der Waals surface area (Å²) in [4.78, 5) is 45.2. The molecule has 1 aromatic rings. The third kappa shape index (κ3) is 4.74. The van der Waals surface area contributed by atoms with Crippen LogP contribution in [0.15, 0.2) is 24.3 Å². The van der Waals surface area contributed by atoms with Crippen molar-refractivity contribution in [1.29, 1.82) is 0 Å². The second-order valence-corrected chi connectivity index (χ2v) is 4.60. The summed E-state index contributed by atoms with van der Waals surface area (Å²) in [5.74, 6) is -2.75. The van der Waals surface area contributed by atoms with Crippen LogP contribution in [0.1, 0.15) is 12.8 Å². The Morgan fingerprint density at radius 2 is 1.83 bits per heavy atom. The van der Waals surface area contributed by atoms with Crippen LogP contribution in [-0.2, 0) is 14.4 Å². The fraction of sp³-hybridized carbons (Fsp3) is 0.308. The first-order valence-electron chi connectivity index (χ1n) is 6.55. The lowest BCUT2D eigenvalue weighted by atomic mass is 10.1. The standard InChI is InChI=1S/C13H16N4O6/c14-7-12(19)16(10(13(20)21)5-6-11(15)18)8-1-3-9(4-2-8)17(22)23/h1-4,10H,5-7,14H2,(H2,15,18)(H,20,21). The van der Waals surface area contributed by atoms with Crippen molar-refractivity contribution in [3.63, 3.8) is 0 Å². The molecule has 0 saturated heterocycles. The van der Waals surface area contributed by atoms with Gasteiger partial charge in [-0.3, -0.25) is 24.6 Å². The van der Waals surface area contributed by atoms with E-state index in [1.165, 1.54) is 12.1 Å². The number of carboxylic acid groups (broad SMARTS) is 1. The number of carboxylic acids is 1. The highest BCUT2D eigenvalue weighted by Crippen LogP contribution is 2.23. The molecule has 1 aromatic carbocycles. The van der Waals surface area contributed by atoms with Crippen LogP contribution in [0.5, 0.6) is 0 Å². The zero-order valence-corrected chi connectivity index (χ0v) is 12.0. The van der Waals surface area contributed by atoms with Crippen molar-refractivity contribution in [3.05, 3.63) is 34.4 Å². The number of nitro groups is 1. The van der Waals surface area contributed by atoms with Gasteiger partial charge in [0.05, 0.1) is 11.5 Å². The third-order valence-electron chi connectivity index (χ3n) is 3.04. The Kier molecular flexibility index (Phi) is 6.15. The lowest BCUT2D eigenvalue weighted by Gasteiger charge is -2.28. The molecule has 124 valence electrons. The maximum atomic E-state index is 12.0. The minimum atomic E-state index is -1.36. The number of rotatable bonds is 8. The Balaban J connectivity index is 3.19. The number of non-ortho nitro benzene ring substituents is 1. The van der Waals surface area contributed by atoms with Crippen LogP contribution >= 0.6 is 0 Å². The van der Waals surface area contributed by atoms with Crippen molar-refractivity contribution >= 4 is 29.2 Å². The van der Waals surface area contributed by atoms with Gasteiger partial charge in [-0.05, 0) is 18.6 Å². The molecule has 0 bridgehead atoms. The van der Waals surface area contributed by atoms with E-state index in [1.54, 1.807) is 0 Å². The molecule has 0 aliphatic carbocycles. The minimum absolute atomic E-state index is 0.128. The molecule has 0 aromatic heterocycles. The Hall–Kier alpha value is -3.01. The summed E-state index contributed by atoms with van der Waals surface area (Å²) in [6, 6.07) is 3.40. The predicted molar refractivity (Wildman–Crippen MR) is 79.5 cm³/mol. The first kappa shape index (κ1) is 18.0. The SMILES string of the molecule is NCC(=O)N(c1ccc([N+](=O)[O-])cc1)C(CCC(N)=O)C(=O)O. The van der Waals surface area contributed by atoms with E-state index in [0.29, 0.717) is 0 Å². The molecule has 0 aliphatic rings. The third-order valence-corrected chi connectivity index (χ3v) is 3.04. The van der Waals surface area contributed by atoms with Gasteiger partial charge in [-0.1, -0.05) is 0 Å². The van der Waals surface area contributed by atoms with Crippen LogP contribution in [0.2, 0.25) is 0 Å². The number of benzene rings is 1. The van der Waals surface area contributed by atoms with Gasteiger partial charge in [0.2, 0.25) is 11.8 Å². The molecule has 23 heavy (non-hydrogen) atoms. The lowest BCUT2D eigenvalue weighted by Crippen LogP contribution is -2.48. The first-order chi connectivity index (χ1) is 10.8. The summed E-state index contributed by atoms with van der Waals surface area (Å²) in [6.45, 7) is -0.461. The largest absolute Gasteiger partial charge is 0.480 e. The van der Waals surface area contributed by atoms with Gasteiger partial charge in [0.15, 0.2) is 0 Å². The van der Waals surface area contributed by atoms with Crippen LogP contribution in [0.3, 0.4) is 0 Å². The molecule has 10 heteroatoms. The van der Waals surface area contributed by atoms with Gasteiger partial charge < -0.3 is 16.6 Å². The van der Waals surface area contributed by atoms with Gasteiger partial charge in [0, 0.05) is 24.2 Å². The van der Waals surface area contributed by atoms with Crippen molar-refractivity contribution in [1.82, 2.24) is 0 Å². The molecule has 2 amide bonds. The molecule has 0 saturated carbocycles. The van der Waals surface area contributed by atoms with Crippen LogP contribution in [0.25, 0.3) is 0 Å². The van der Waals surface area contributed by atoms with Gasteiger partial charge in [0.1, 0.15) is 6.04 Å². The lowest BCUT2D eigenvalue weighted by molar-refractivity contribution is -0.384. The number of anilines is 1. The molecule has 0 fully saturated rings. The van der Waals surface area contributed by atoms with Crippen molar-refractivity contribution < 1.29 is 24.4 Å². The number of carbonyl (C=O) groups is 3. The zero-order valence-electron chi connectivity index (χ0n) is 12.0. The molecule has 1 unspecified atom stereocenters. The minimum Gasteiger partial charge on any atom is -0.480 e. The summed E-state index contributed by atoms with van der Waals surface area (Å²) >= 11 is 0. The highest BCUT2D eigenvalue weighted by molar-refractivity contribution is 6.00. The Bertz CT molecular complexity index is 615. The van der Waals surface area contributed by atoms with Gasteiger partial charge in [-0.2, -0.15) is 0 Å². The number of nitrogens with zero attached hydrogens (tertiary/aromatic N) is 2. The summed E-state index contributed by atoms with van der Waals surface area (Å²) in [5.41, 5.74) is 10.2. The van der Waals surface area contributed by atoms with E-state index in [0.717, 1.165) is 17.0 Å². The molecule has 0 aliphatic heterocycles. The number of hydrogen-bond acceptors (Lipinski definition) is 6. The van der Waals surface area contributed by atoms with Crippen molar-refractivity contribution in [2.24, 2.45) is 11.5 Å². The van der Waals surface area contributed by atoms with E-state index in [2.05, 4.69) is 0 Å². The predicted octanol–water partition coefficient (Wildman–Crippen LogP) is -0.395. The molecular weight excluding hydrogens is 308 g/mol. The smallest absolute Gasteiger partial charge is 0.326 e. The Morgan fingerprint density at radius 3 is 2.22 bits per heavy atom. The van der Waals surface area contributed by atoms with E-state index < -0.39 is 35.3 Å². The maximum absolute atomic E-state index is 12.0. The molecule has 0 radical (unpaired) electrons. The normalized spacial score (nSPS) is 11.5. The van der Waals surface area contributed by atoms with Crippen LogP contribution in [-0.4, -0.2) is 40.4 Å². The van der Waals surface area contributed by atoms with Gasteiger partial charge in [-0.15, -0.1) is 0 Å². The fourth-order valence-corrected chi connectivity index (χ4v) is 1.97. The average molecular weight is 324 g/mol. The molecular formula is C13H16N4O6. The summed E-state index contributed by atoms with van der Waals surface area (Å²) in [7, 11) is 0. The summed E-state index contributed by atoms with van der Waals surface area (Å²) in [5, 5.41) is 20.0. The van der Waals surface area contributed by atoms with Crippen molar-refractivity contribution in [2.75, 3.05) is 11.4 Å². The second-order valence-electron chi connectivity index (χ2n) is 4.60. The van der Waals surface area contributed by atoms with Crippen LogP contribution in [0.4, 0.5) is 11.4 Å². The monoisotopic (exact) mass is 324 g/mol. The highest BCUT2D eigenvalue weighted by atomic mass is 16.6. The number of nitrogens with two attached hydrogens (primary N) is 2. The Labute approximate surface area is 130 Å². The van der Waals surface area contributed by atoms with E-state index >= 15 is 0 Å². The van der Waals surface area contributed by atoms with E-state index in [4.69, 9.17) is 11.5 Å². The van der Waals surface area contributed by atoms with E-state index in [9.17, 15) is 29.6 Å². The molecule has 10 nitrogen and oxygen atoms in total. The first-order valence-corrected chi connectivity index (χ1v) is 6.55. The fourth-order valence-electron chi connectivity index (χ4n) is 1.97. The summed E-state index contributed by atoms with van der Waals surface area (Å²) < 4.78 is 0. The average Bonchev–Trinajstić information content (AvgIpc) is 2.50. The molecule has 0 heterocycles. The highest BCUT2D eigenvalue weighted by Gasteiger charge is 2.30. The number of amides is 2. The van der Waals surface area contributed by atoms with Crippen LogP contribution < -0.4 is 16.4 Å². The zero-order chi connectivity index (χ0) is 17.6. The quantitative estimate of drug-likeness (QED) is 0.431. The number of aliphatic carboxylic acids is 1. The number of hydrogen-bond donors (Lipinski definition) is 3. The molecule has 0 spiro atoms. The van der Waals surface area contributed by atoms with Gasteiger partial charge >= 0.3 is 5.97 Å². The molecule has 1 rings (SSSR count). The number of primary amides is 1. The van der Waals surface area contributed by atoms with Gasteiger partial charge in [-0.25, -0.2) is 4.79 Å². The number of nitro benzene ring substituents is 1. The van der Waals surface area contributed by atoms with Crippen LogP contribution in [0, 0.1) is 10.1 Å². The molecule has 5 N–H and O–H groups in total. The summed E-state index contributed by atoms with van der Waals surface area (Å²) in [6.07, 6.45) is -0.439. The van der Waals surface area contributed by atoms with Crippen molar-refractivity contribution in [2.45, 2.75) is 18.9 Å².